The first-order chi connectivity index (χ1) is 15.3. The number of anilines is 1. The Morgan fingerprint density at radius 2 is 1.81 bits per heavy atom. The van der Waals surface area contributed by atoms with Gasteiger partial charge in [0, 0.05) is 0 Å². The number of halogens is 1. The van der Waals surface area contributed by atoms with Gasteiger partial charge < -0.3 is 9.47 Å². The molecule has 2 aromatic carbocycles. The summed E-state index contributed by atoms with van der Waals surface area (Å²) in [5.74, 6) is -0.357. The molecule has 8 heteroatoms. The maximum Gasteiger partial charge on any atom is 0.335 e. The zero-order valence-electron chi connectivity index (χ0n) is 18.2. The van der Waals surface area contributed by atoms with E-state index >= 15 is 0 Å². The number of hydrogen-bond acceptors (Lipinski definition) is 5. The van der Waals surface area contributed by atoms with Gasteiger partial charge in [-0.2, -0.15) is 0 Å². The van der Waals surface area contributed by atoms with Crippen molar-refractivity contribution in [1.82, 2.24) is 5.32 Å². The van der Waals surface area contributed by atoms with Crippen LogP contribution in [-0.2, 0) is 9.59 Å². The van der Waals surface area contributed by atoms with E-state index in [0.717, 1.165) is 17.7 Å². The van der Waals surface area contributed by atoms with Crippen molar-refractivity contribution in [2.24, 2.45) is 0 Å². The second-order valence-corrected chi connectivity index (χ2v) is 7.92. The molecule has 0 spiro atoms. The number of ether oxygens (including phenoxy) is 2. The fourth-order valence-electron chi connectivity index (χ4n) is 3.04. The Morgan fingerprint density at radius 1 is 1.09 bits per heavy atom. The second kappa shape index (κ2) is 10.3. The lowest BCUT2D eigenvalue weighted by Crippen LogP contribution is -2.54. The molecule has 1 saturated heterocycles. The summed E-state index contributed by atoms with van der Waals surface area (Å²) in [6.07, 6.45) is 3.29. The molecule has 32 heavy (non-hydrogen) atoms. The molecular formula is C24H25ClN2O5. The number of imide groups is 2. The van der Waals surface area contributed by atoms with Crippen LogP contribution < -0.4 is 19.7 Å². The van der Waals surface area contributed by atoms with Gasteiger partial charge in [-0.1, -0.05) is 31.0 Å². The van der Waals surface area contributed by atoms with E-state index < -0.39 is 17.8 Å². The molecule has 7 nitrogen and oxygen atoms in total. The molecule has 0 atom stereocenters. The zero-order valence-corrected chi connectivity index (χ0v) is 18.9. The van der Waals surface area contributed by atoms with Crippen molar-refractivity contribution in [3.63, 3.8) is 0 Å². The van der Waals surface area contributed by atoms with E-state index in [0.29, 0.717) is 34.4 Å². The van der Waals surface area contributed by atoms with Crippen molar-refractivity contribution in [2.75, 3.05) is 11.5 Å². The van der Waals surface area contributed by atoms with Crippen molar-refractivity contribution in [3.8, 4) is 11.5 Å². The Balaban J connectivity index is 1.84. The number of unbranched alkanes of at least 4 members (excludes halogenated alkanes) is 1. The Labute approximate surface area is 191 Å². The molecule has 168 valence electrons. The Morgan fingerprint density at radius 3 is 2.44 bits per heavy atom. The number of carbonyl (C=O) groups excluding carboxylic acids is 3. The third-order valence-electron chi connectivity index (χ3n) is 4.59. The van der Waals surface area contributed by atoms with Crippen LogP contribution in [0.1, 0.15) is 39.2 Å². The standard InChI is InChI=1S/C24H25ClN2O5/c1-4-5-12-31-18-9-7-17(8-10-18)27-23(29)19(22(28)26-24(27)30)13-16-6-11-21(20(25)14-16)32-15(2)3/h6-11,13-15H,4-5,12H2,1-3H3,(H,26,28,30)/b19-13-. The normalized spacial score (nSPS) is 15.3. The second-order valence-electron chi connectivity index (χ2n) is 7.51. The molecule has 2 aromatic rings. The summed E-state index contributed by atoms with van der Waals surface area (Å²) < 4.78 is 11.2. The molecule has 0 saturated carbocycles. The highest BCUT2D eigenvalue weighted by molar-refractivity contribution is 6.39. The third kappa shape index (κ3) is 5.48. The number of rotatable bonds is 8. The minimum absolute atomic E-state index is 0.0505. The van der Waals surface area contributed by atoms with Gasteiger partial charge in [-0.05, 0) is 68.3 Å². The van der Waals surface area contributed by atoms with E-state index in [1.165, 1.54) is 6.08 Å². The summed E-state index contributed by atoms with van der Waals surface area (Å²) in [6.45, 7) is 6.42. The SMILES string of the molecule is CCCCOc1ccc(N2C(=O)NC(=O)/C(=C/c3ccc(OC(C)C)c(Cl)c3)C2=O)cc1. The maximum absolute atomic E-state index is 13.0. The predicted molar refractivity (Wildman–Crippen MR) is 123 cm³/mol. The monoisotopic (exact) mass is 456 g/mol. The van der Waals surface area contributed by atoms with Gasteiger partial charge in [0.1, 0.15) is 17.1 Å². The quantitative estimate of drug-likeness (QED) is 0.344. The molecule has 0 aromatic heterocycles. The largest absolute Gasteiger partial charge is 0.494 e. The average Bonchev–Trinajstić information content (AvgIpc) is 2.74. The lowest BCUT2D eigenvalue weighted by molar-refractivity contribution is -0.122. The van der Waals surface area contributed by atoms with Gasteiger partial charge in [-0.3, -0.25) is 14.9 Å². The number of benzene rings is 2. The average molecular weight is 457 g/mol. The lowest BCUT2D eigenvalue weighted by atomic mass is 10.1. The summed E-state index contributed by atoms with van der Waals surface area (Å²) in [7, 11) is 0. The molecule has 3 rings (SSSR count). The number of nitrogens with zero attached hydrogens (tertiary/aromatic N) is 1. The Bertz CT molecular complexity index is 1050. The fraction of sp³-hybridized carbons (Fsp3) is 0.292. The first-order valence-corrected chi connectivity index (χ1v) is 10.8. The third-order valence-corrected chi connectivity index (χ3v) is 4.89. The fourth-order valence-corrected chi connectivity index (χ4v) is 3.27. The van der Waals surface area contributed by atoms with Crippen LogP contribution in [-0.4, -0.2) is 30.6 Å². The number of carbonyl (C=O) groups is 3. The van der Waals surface area contributed by atoms with Gasteiger partial charge >= 0.3 is 6.03 Å². The number of urea groups is 1. The maximum atomic E-state index is 13.0. The van der Waals surface area contributed by atoms with Gasteiger partial charge in [0.25, 0.3) is 11.8 Å². The zero-order chi connectivity index (χ0) is 23.3. The number of barbiturate groups is 1. The smallest absolute Gasteiger partial charge is 0.335 e. The number of hydrogen-bond donors (Lipinski definition) is 1. The lowest BCUT2D eigenvalue weighted by Gasteiger charge is -2.26. The molecule has 4 amide bonds. The molecular weight excluding hydrogens is 432 g/mol. The summed E-state index contributed by atoms with van der Waals surface area (Å²) in [6, 6.07) is 10.7. The van der Waals surface area contributed by atoms with Gasteiger partial charge in [-0.15, -0.1) is 0 Å². The van der Waals surface area contributed by atoms with Crippen LogP contribution in [0, 0.1) is 0 Å². The van der Waals surface area contributed by atoms with Crippen LogP contribution in [0.2, 0.25) is 5.02 Å². The van der Waals surface area contributed by atoms with Crippen LogP contribution in [0.15, 0.2) is 48.0 Å². The molecule has 1 aliphatic heterocycles. The van der Waals surface area contributed by atoms with Crippen molar-refractivity contribution >= 4 is 41.2 Å². The van der Waals surface area contributed by atoms with E-state index in [1.807, 2.05) is 13.8 Å². The molecule has 0 aliphatic carbocycles. The van der Waals surface area contributed by atoms with Gasteiger partial charge in [-0.25, -0.2) is 9.69 Å². The van der Waals surface area contributed by atoms with E-state index in [4.69, 9.17) is 21.1 Å². The molecule has 1 fully saturated rings. The minimum Gasteiger partial charge on any atom is -0.494 e. The van der Waals surface area contributed by atoms with E-state index in [9.17, 15) is 14.4 Å². The van der Waals surface area contributed by atoms with E-state index in [1.54, 1.807) is 42.5 Å². The predicted octanol–water partition coefficient (Wildman–Crippen LogP) is 4.97. The number of amides is 4. The first-order valence-electron chi connectivity index (χ1n) is 10.4. The van der Waals surface area contributed by atoms with Crippen molar-refractivity contribution < 1.29 is 23.9 Å². The van der Waals surface area contributed by atoms with Gasteiger partial charge in [0.05, 0.1) is 23.4 Å². The first kappa shape index (κ1) is 23.3. The van der Waals surface area contributed by atoms with Crippen LogP contribution >= 0.6 is 11.6 Å². The van der Waals surface area contributed by atoms with Gasteiger partial charge in [0.2, 0.25) is 0 Å². The van der Waals surface area contributed by atoms with Crippen LogP contribution in [0.3, 0.4) is 0 Å². The highest BCUT2D eigenvalue weighted by Gasteiger charge is 2.36. The van der Waals surface area contributed by atoms with Crippen LogP contribution in [0.25, 0.3) is 6.08 Å². The van der Waals surface area contributed by atoms with Crippen molar-refractivity contribution in [2.45, 2.75) is 39.7 Å². The van der Waals surface area contributed by atoms with Crippen molar-refractivity contribution in [3.05, 3.63) is 58.6 Å². The summed E-state index contributed by atoms with van der Waals surface area (Å²) >= 11 is 6.26. The van der Waals surface area contributed by atoms with E-state index in [2.05, 4.69) is 12.2 Å². The Hall–Kier alpha value is -3.32. The molecule has 1 aliphatic rings. The molecule has 0 bridgehead atoms. The Kier molecular flexibility index (Phi) is 7.53. The van der Waals surface area contributed by atoms with Crippen LogP contribution in [0.5, 0.6) is 11.5 Å². The van der Waals surface area contributed by atoms with Crippen LogP contribution in [0.4, 0.5) is 10.5 Å². The molecule has 1 heterocycles. The van der Waals surface area contributed by atoms with Gasteiger partial charge in [0.15, 0.2) is 0 Å². The highest BCUT2D eigenvalue weighted by Crippen LogP contribution is 2.29. The highest BCUT2D eigenvalue weighted by atomic mass is 35.5. The van der Waals surface area contributed by atoms with Crippen molar-refractivity contribution in [1.29, 1.82) is 0 Å². The molecule has 0 radical (unpaired) electrons. The minimum atomic E-state index is -0.810. The summed E-state index contributed by atoms with van der Waals surface area (Å²) in [5, 5.41) is 2.56. The summed E-state index contributed by atoms with van der Waals surface area (Å²) in [5.41, 5.74) is 0.674. The number of nitrogens with one attached hydrogen (secondary N) is 1. The molecule has 1 N–H and O–H groups in total. The summed E-state index contributed by atoms with van der Waals surface area (Å²) in [4.78, 5) is 38.7. The van der Waals surface area contributed by atoms with E-state index in [-0.39, 0.29) is 11.7 Å². The molecule has 0 unspecified atom stereocenters. The topological polar surface area (TPSA) is 84.9 Å².